The van der Waals surface area contributed by atoms with Crippen LogP contribution < -0.4 is 10.6 Å². The van der Waals surface area contributed by atoms with Gasteiger partial charge in [0.25, 0.3) is 5.69 Å². The van der Waals surface area contributed by atoms with Crippen LogP contribution in [0.3, 0.4) is 0 Å². The van der Waals surface area contributed by atoms with E-state index in [1.807, 2.05) is 6.07 Å². The van der Waals surface area contributed by atoms with Crippen LogP contribution in [0.1, 0.15) is 12.8 Å². The van der Waals surface area contributed by atoms with Crippen LogP contribution in [0.5, 0.6) is 0 Å². The standard InChI is InChI=1S/C12H16IN3O2/c13-10-1-2-11(12(7-10)16(17)18)15-8-9-3-5-14-6-4-9/h1-2,7,9,14-15H,3-6,8H2. The molecule has 1 saturated heterocycles. The number of hydrogen-bond donors (Lipinski definition) is 2. The lowest BCUT2D eigenvalue weighted by atomic mass is 9.98. The second-order valence-corrected chi connectivity index (χ2v) is 5.74. The molecule has 0 saturated carbocycles. The Bertz CT molecular complexity index is 433. The number of rotatable bonds is 4. The van der Waals surface area contributed by atoms with Gasteiger partial charge >= 0.3 is 0 Å². The molecule has 1 aromatic carbocycles. The summed E-state index contributed by atoms with van der Waals surface area (Å²) in [6.45, 7) is 2.89. The molecule has 1 heterocycles. The van der Waals surface area contributed by atoms with Crippen LogP contribution >= 0.6 is 22.6 Å². The molecular weight excluding hydrogens is 345 g/mol. The number of hydrogen-bond acceptors (Lipinski definition) is 4. The maximum Gasteiger partial charge on any atom is 0.293 e. The molecule has 5 nitrogen and oxygen atoms in total. The summed E-state index contributed by atoms with van der Waals surface area (Å²) in [5, 5.41) is 17.5. The molecule has 0 unspecified atom stereocenters. The van der Waals surface area contributed by atoms with Crippen molar-refractivity contribution in [1.29, 1.82) is 0 Å². The van der Waals surface area contributed by atoms with Crippen molar-refractivity contribution in [2.24, 2.45) is 5.92 Å². The highest BCUT2D eigenvalue weighted by atomic mass is 127. The third-order valence-electron chi connectivity index (χ3n) is 3.20. The van der Waals surface area contributed by atoms with Crippen molar-refractivity contribution >= 4 is 34.0 Å². The van der Waals surface area contributed by atoms with Crippen LogP contribution in [-0.2, 0) is 0 Å². The van der Waals surface area contributed by atoms with E-state index in [0.717, 1.165) is 36.0 Å². The molecule has 1 fully saturated rings. The molecule has 0 atom stereocenters. The molecule has 2 N–H and O–H groups in total. The fourth-order valence-corrected chi connectivity index (χ4v) is 2.62. The molecule has 0 aliphatic carbocycles. The maximum absolute atomic E-state index is 11.0. The summed E-state index contributed by atoms with van der Waals surface area (Å²) in [6, 6.07) is 5.28. The van der Waals surface area contributed by atoms with Crippen LogP contribution in [0.15, 0.2) is 18.2 Å². The summed E-state index contributed by atoms with van der Waals surface area (Å²) in [6.07, 6.45) is 2.26. The molecule has 6 heteroatoms. The zero-order chi connectivity index (χ0) is 13.0. The van der Waals surface area contributed by atoms with Crippen LogP contribution in [0.4, 0.5) is 11.4 Å². The van der Waals surface area contributed by atoms with Crippen molar-refractivity contribution in [3.63, 3.8) is 0 Å². The highest BCUT2D eigenvalue weighted by Crippen LogP contribution is 2.27. The first-order chi connectivity index (χ1) is 8.66. The molecule has 1 aromatic rings. The predicted octanol–water partition coefficient (Wildman–Crippen LogP) is 2.61. The number of anilines is 1. The van der Waals surface area contributed by atoms with Crippen molar-refractivity contribution in [1.82, 2.24) is 5.32 Å². The molecule has 0 spiro atoms. The Morgan fingerprint density at radius 1 is 1.44 bits per heavy atom. The van der Waals surface area contributed by atoms with Gasteiger partial charge in [-0.05, 0) is 66.6 Å². The van der Waals surface area contributed by atoms with E-state index >= 15 is 0 Å². The van der Waals surface area contributed by atoms with E-state index in [0.29, 0.717) is 11.6 Å². The molecule has 0 radical (unpaired) electrons. The minimum Gasteiger partial charge on any atom is -0.379 e. The Hall–Kier alpha value is -0.890. The number of nitrogens with zero attached hydrogens (tertiary/aromatic N) is 1. The Morgan fingerprint density at radius 2 is 2.17 bits per heavy atom. The van der Waals surface area contributed by atoms with E-state index in [9.17, 15) is 10.1 Å². The van der Waals surface area contributed by atoms with Crippen molar-refractivity contribution < 1.29 is 4.92 Å². The van der Waals surface area contributed by atoms with E-state index in [2.05, 4.69) is 33.2 Å². The van der Waals surface area contributed by atoms with Crippen LogP contribution in [0, 0.1) is 19.6 Å². The smallest absolute Gasteiger partial charge is 0.293 e. The number of nitro benzene ring substituents is 1. The van der Waals surface area contributed by atoms with Gasteiger partial charge in [-0.25, -0.2) is 0 Å². The first-order valence-corrected chi connectivity index (χ1v) is 7.13. The predicted molar refractivity (Wildman–Crippen MR) is 79.9 cm³/mol. The maximum atomic E-state index is 11.0. The highest BCUT2D eigenvalue weighted by molar-refractivity contribution is 14.1. The monoisotopic (exact) mass is 361 g/mol. The van der Waals surface area contributed by atoms with Crippen molar-refractivity contribution in [3.05, 3.63) is 31.9 Å². The van der Waals surface area contributed by atoms with Gasteiger partial charge in [-0.3, -0.25) is 10.1 Å². The molecular formula is C12H16IN3O2. The Labute approximate surface area is 120 Å². The van der Waals surface area contributed by atoms with Gasteiger partial charge in [-0.15, -0.1) is 0 Å². The second-order valence-electron chi connectivity index (χ2n) is 4.49. The average molecular weight is 361 g/mol. The van der Waals surface area contributed by atoms with Crippen molar-refractivity contribution in [3.8, 4) is 0 Å². The average Bonchev–Trinajstić information content (AvgIpc) is 2.38. The fourth-order valence-electron chi connectivity index (χ4n) is 2.15. The minimum absolute atomic E-state index is 0.163. The lowest BCUT2D eigenvalue weighted by Crippen LogP contribution is -2.31. The number of benzene rings is 1. The van der Waals surface area contributed by atoms with Crippen LogP contribution in [0.25, 0.3) is 0 Å². The summed E-state index contributed by atoms with van der Waals surface area (Å²) in [5.74, 6) is 0.602. The third kappa shape index (κ3) is 3.55. The molecule has 18 heavy (non-hydrogen) atoms. The van der Waals surface area contributed by atoms with Gasteiger partial charge < -0.3 is 10.6 Å². The van der Waals surface area contributed by atoms with Crippen LogP contribution in [-0.4, -0.2) is 24.6 Å². The molecule has 1 aliphatic heterocycles. The van der Waals surface area contributed by atoms with Gasteiger partial charge in [0.1, 0.15) is 5.69 Å². The van der Waals surface area contributed by atoms with E-state index in [4.69, 9.17) is 0 Å². The molecule has 0 amide bonds. The summed E-state index contributed by atoms with van der Waals surface area (Å²) in [7, 11) is 0. The van der Waals surface area contributed by atoms with Gasteiger partial charge in [-0.1, -0.05) is 0 Å². The van der Waals surface area contributed by atoms with E-state index < -0.39 is 0 Å². The largest absolute Gasteiger partial charge is 0.379 e. The number of halogens is 1. The zero-order valence-electron chi connectivity index (χ0n) is 9.99. The lowest BCUT2D eigenvalue weighted by molar-refractivity contribution is -0.384. The number of piperidine rings is 1. The quantitative estimate of drug-likeness (QED) is 0.492. The highest BCUT2D eigenvalue weighted by Gasteiger charge is 2.17. The Kier molecular flexibility index (Phi) is 4.76. The Balaban J connectivity index is 2.01. The second kappa shape index (κ2) is 6.33. The SMILES string of the molecule is O=[N+]([O-])c1cc(I)ccc1NCC1CCNCC1. The van der Waals surface area contributed by atoms with Crippen molar-refractivity contribution in [2.45, 2.75) is 12.8 Å². The van der Waals surface area contributed by atoms with E-state index in [1.54, 1.807) is 12.1 Å². The van der Waals surface area contributed by atoms with Gasteiger partial charge in [0.2, 0.25) is 0 Å². The Morgan fingerprint density at radius 3 is 2.83 bits per heavy atom. The third-order valence-corrected chi connectivity index (χ3v) is 3.87. The fraction of sp³-hybridized carbons (Fsp3) is 0.500. The first kappa shape index (κ1) is 13.5. The van der Waals surface area contributed by atoms with Crippen molar-refractivity contribution in [2.75, 3.05) is 25.0 Å². The normalized spacial score (nSPS) is 16.5. The molecule has 0 bridgehead atoms. The number of nitro groups is 1. The van der Waals surface area contributed by atoms with Gasteiger partial charge in [-0.2, -0.15) is 0 Å². The summed E-state index contributed by atoms with van der Waals surface area (Å²) in [4.78, 5) is 10.7. The molecule has 2 rings (SSSR count). The molecule has 0 aromatic heterocycles. The van der Waals surface area contributed by atoms with E-state index in [-0.39, 0.29) is 10.6 Å². The topological polar surface area (TPSA) is 67.2 Å². The van der Waals surface area contributed by atoms with Gasteiger partial charge in [0.15, 0.2) is 0 Å². The van der Waals surface area contributed by atoms with E-state index in [1.165, 1.54) is 0 Å². The lowest BCUT2D eigenvalue weighted by Gasteiger charge is -2.23. The summed E-state index contributed by atoms with van der Waals surface area (Å²) < 4.78 is 0.881. The molecule has 98 valence electrons. The first-order valence-electron chi connectivity index (χ1n) is 6.05. The summed E-state index contributed by atoms with van der Waals surface area (Å²) >= 11 is 2.09. The molecule has 1 aliphatic rings. The minimum atomic E-state index is -0.326. The zero-order valence-corrected chi connectivity index (χ0v) is 12.1. The van der Waals surface area contributed by atoms with Gasteiger partial charge in [0, 0.05) is 16.2 Å². The summed E-state index contributed by atoms with van der Waals surface area (Å²) in [5.41, 5.74) is 0.787. The number of nitrogens with one attached hydrogen (secondary N) is 2. The van der Waals surface area contributed by atoms with Crippen LogP contribution in [0.2, 0.25) is 0 Å². The van der Waals surface area contributed by atoms with Gasteiger partial charge in [0.05, 0.1) is 4.92 Å².